The van der Waals surface area contributed by atoms with Crippen molar-refractivity contribution in [2.75, 3.05) is 0 Å². The van der Waals surface area contributed by atoms with Crippen LogP contribution in [0.3, 0.4) is 0 Å². The highest BCUT2D eigenvalue weighted by molar-refractivity contribution is 4.51. The van der Waals surface area contributed by atoms with E-state index >= 15 is 0 Å². The molecule has 0 rings (SSSR count). The molecule has 0 aliphatic carbocycles. The summed E-state index contributed by atoms with van der Waals surface area (Å²) >= 11 is 0. The van der Waals surface area contributed by atoms with Crippen LogP contribution in [-0.2, 0) is 0 Å². The van der Waals surface area contributed by atoms with E-state index in [9.17, 15) is 0 Å². The molecule has 1 heteroatoms. The van der Waals surface area contributed by atoms with E-state index in [4.69, 9.17) is 0 Å². The zero-order valence-corrected chi connectivity index (χ0v) is 4.20. The molecule has 0 fully saturated rings. The topological polar surface area (TPSA) is 31.5 Å². The molecule has 0 aromatic rings. The minimum Gasteiger partial charge on any atom is -0.412 e. The fourth-order valence-electron chi connectivity index (χ4n) is 0. The third kappa shape index (κ3) is 65.3. The molecule has 1 nitrogen and oxygen atoms in total. The van der Waals surface area contributed by atoms with Gasteiger partial charge in [0, 0.05) is 0 Å². The Bertz CT molecular complexity index is 17.9. The van der Waals surface area contributed by atoms with Crippen LogP contribution in [0.15, 0.2) is 25.8 Å². The van der Waals surface area contributed by atoms with E-state index in [0.29, 0.717) is 0 Å². The van der Waals surface area contributed by atoms with Crippen LogP contribution in [0.5, 0.6) is 0 Å². The molecule has 0 atom stereocenters. The largest absolute Gasteiger partial charge is 0.412 e. The van der Waals surface area contributed by atoms with Crippen molar-refractivity contribution in [2.45, 2.75) is 6.92 Å². The average molecular weight is 88.2 g/mol. The number of hydrogen-bond donors (Lipinski definition) is 0. The smallest absolute Gasteiger partial charge is 0.0473 e. The predicted octanol–water partition coefficient (Wildman–Crippen LogP) is 1.17. The zero-order valence-electron chi connectivity index (χ0n) is 4.20. The van der Waals surface area contributed by atoms with Crippen molar-refractivity contribution in [2.24, 2.45) is 0 Å². The van der Waals surface area contributed by atoms with Gasteiger partial charge in [-0.05, 0) is 6.92 Å². The first-order chi connectivity index (χ1) is 2.41. The van der Waals surface area contributed by atoms with Crippen LogP contribution in [0.1, 0.15) is 6.92 Å². The summed E-state index contributed by atoms with van der Waals surface area (Å²) in [5.41, 5.74) is 0. The maximum atomic E-state index is 3.36. The molecule has 0 amide bonds. The Balaban J connectivity index is -0.0000000275. The lowest BCUT2D eigenvalue weighted by molar-refractivity contribution is 0.824. The van der Waals surface area contributed by atoms with Crippen LogP contribution in [-0.4, -0.2) is 5.48 Å². The van der Waals surface area contributed by atoms with Crippen LogP contribution in [0.2, 0.25) is 0 Å². The molecule has 0 heterocycles. The van der Waals surface area contributed by atoms with E-state index in [1.54, 1.807) is 6.08 Å². The highest BCUT2D eigenvalue weighted by atomic mass is 16.0. The Kier molecular flexibility index (Phi) is 815. The molecule has 0 radical (unpaired) electrons. The van der Waals surface area contributed by atoms with E-state index in [1.807, 2.05) is 6.92 Å². The Labute approximate surface area is 39.3 Å². The van der Waals surface area contributed by atoms with Crippen molar-refractivity contribution in [1.82, 2.24) is 0 Å². The monoisotopic (exact) mass is 88.1 g/mol. The highest BCUT2D eigenvalue weighted by Crippen LogP contribution is 1.38. The fraction of sp³-hybridized carbons (Fsp3) is 0.200. The van der Waals surface area contributed by atoms with Gasteiger partial charge < -0.3 is 5.48 Å². The van der Waals surface area contributed by atoms with Crippen molar-refractivity contribution < 1.29 is 5.48 Å². The lowest BCUT2D eigenvalue weighted by Gasteiger charge is -1.31. The first-order valence-corrected chi connectivity index (χ1v) is 1.49. The SMILES string of the molecule is C=C.C=CC.O. The highest BCUT2D eigenvalue weighted by Gasteiger charge is 1.15. The van der Waals surface area contributed by atoms with Crippen LogP contribution in [0, 0.1) is 0 Å². The Morgan fingerprint density at radius 2 is 1.33 bits per heavy atom. The summed E-state index contributed by atoms with van der Waals surface area (Å²) in [6.45, 7) is 11.2. The second-order valence-corrected chi connectivity index (χ2v) is 0.408. The molecule has 0 bridgehead atoms. The van der Waals surface area contributed by atoms with E-state index < -0.39 is 0 Å². The second kappa shape index (κ2) is 271. The molecular weight excluding hydrogens is 76.1 g/mol. The fourth-order valence-corrected chi connectivity index (χ4v) is 0. The Hall–Kier alpha value is -0.560. The quantitative estimate of drug-likeness (QED) is 0.398. The summed E-state index contributed by atoms with van der Waals surface area (Å²) in [4.78, 5) is 0. The first kappa shape index (κ1) is 18.0. The van der Waals surface area contributed by atoms with E-state index in [-0.39, 0.29) is 5.48 Å². The van der Waals surface area contributed by atoms with Gasteiger partial charge in [-0.15, -0.1) is 19.7 Å². The molecule has 0 spiro atoms. The maximum Gasteiger partial charge on any atom is -0.0473 e. The number of rotatable bonds is 0. The summed E-state index contributed by atoms with van der Waals surface area (Å²) in [6.07, 6.45) is 1.75. The standard InChI is InChI=1S/C3H6.C2H4.H2O/c1-3-2;1-2;/h3H,1H2,2H3;1-2H2;1H2. The lowest BCUT2D eigenvalue weighted by Crippen LogP contribution is -1.07. The molecule has 0 saturated carbocycles. The molecule has 0 aliphatic rings. The number of allylic oxidation sites excluding steroid dienone is 1. The third-order valence-electron chi connectivity index (χ3n) is 0. The molecule has 38 valence electrons. The van der Waals surface area contributed by atoms with Crippen molar-refractivity contribution in [3.63, 3.8) is 0 Å². The summed E-state index contributed by atoms with van der Waals surface area (Å²) in [5.74, 6) is 0. The molecule has 2 N–H and O–H groups in total. The molecular formula is C5H12O. The molecule has 0 saturated heterocycles. The van der Waals surface area contributed by atoms with Gasteiger partial charge in [0.2, 0.25) is 0 Å². The van der Waals surface area contributed by atoms with Crippen LogP contribution >= 0.6 is 0 Å². The van der Waals surface area contributed by atoms with Gasteiger partial charge >= 0.3 is 0 Å². The van der Waals surface area contributed by atoms with Gasteiger partial charge in [0.15, 0.2) is 0 Å². The average Bonchev–Trinajstić information content (AvgIpc) is 1.46. The lowest BCUT2D eigenvalue weighted by atomic mass is 10.8. The Morgan fingerprint density at radius 3 is 1.33 bits per heavy atom. The van der Waals surface area contributed by atoms with Gasteiger partial charge in [-0.2, -0.15) is 0 Å². The molecule has 0 aliphatic heterocycles. The van der Waals surface area contributed by atoms with Crippen LogP contribution in [0.4, 0.5) is 0 Å². The van der Waals surface area contributed by atoms with E-state index in [0.717, 1.165) is 0 Å². The zero-order chi connectivity index (χ0) is 4.71. The van der Waals surface area contributed by atoms with Gasteiger partial charge in [0.25, 0.3) is 0 Å². The van der Waals surface area contributed by atoms with Crippen LogP contribution < -0.4 is 0 Å². The van der Waals surface area contributed by atoms with Crippen molar-refractivity contribution in [1.29, 1.82) is 0 Å². The summed E-state index contributed by atoms with van der Waals surface area (Å²) in [7, 11) is 0. The van der Waals surface area contributed by atoms with E-state index in [2.05, 4.69) is 19.7 Å². The third-order valence-corrected chi connectivity index (χ3v) is 0. The molecule has 0 aromatic carbocycles. The first-order valence-electron chi connectivity index (χ1n) is 1.49. The van der Waals surface area contributed by atoms with Crippen molar-refractivity contribution in [3.8, 4) is 0 Å². The molecule has 0 aromatic heterocycles. The molecule has 6 heavy (non-hydrogen) atoms. The van der Waals surface area contributed by atoms with Crippen LogP contribution in [0.25, 0.3) is 0 Å². The van der Waals surface area contributed by atoms with Gasteiger partial charge in [-0.1, -0.05) is 6.08 Å². The summed E-state index contributed by atoms with van der Waals surface area (Å²) < 4.78 is 0. The minimum atomic E-state index is 0. The predicted molar refractivity (Wildman–Crippen MR) is 30.7 cm³/mol. The Morgan fingerprint density at radius 1 is 1.33 bits per heavy atom. The maximum absolute atomic E-state index is 3.36. The van der Waals surface area contributed by atoms with E-state index in [1.165, 1.54) is 0 Å². The van der Waals surface area contributed by atoms with Gasteiger partial charge in [-0.3, -0.25) is 0 Å². The van der Waals surface area contributed by atoms with Crippen molar-refractivity contribution in [3.05, 3.63) is 25.8 Å². The minimum absolute atomic E-state index is 0. The van der Waals surface area contributed by atoms with Gasteiger partial charge in [-0.25, -0.2) is 0 Å². The van der Waals surface area contributed by atoms with Gasteiger partial charge in [0.05, 0.1) is 0 Å². The normalized spacial score (nSPS) is 2.83. The number of hydrogen-bond acceptors (Lipinski definition) is 0. The second-order valence-electron chi connectivity index (χ2n) is 0.408. The van der Waals surface area contributed by atoms with Crippen molar-refractivity contribution >= 4 is 0 Å². The van der Waals surface area contributed by atoms with Gasteiger partial charge in [0.1, 0.15) is 0 Å². The summed E-state index contributed by atoms with van der Waals surface area (Å²) in [6, 6.07) is 0. The molecule has 0 unspecified atom stereocenters. The summed E-state index contributed by atoms with van der Waals surface area (Å²) in [5, 5.41) is 0.